The maximum Gasteiger partial charge on any atom is 0.327 e. The Morgan fingerprint density at radius 1 is 1.11 bits per heavy atom. The zero-order valence-corrected chi connectivity index (χ0v) is 17.6. The van der Waals surface area contributed by atoms with E-state index in [4.69, 9.17) is 10.8 Å². The maximum atomic E-state index is 12.6. The summed E-state index contributed by atoms with van der Waals surface area (Å²) in [6.45, 7) is 3.38. The lowest BCUT2D eigenvalue weighted by Gasteiger charge is -2.27. The molecular formula is C16H30N4O5S2. The van der Waals surface area contributed by atoms with Gasteiger partial charge in [-0.1, -0.05) is 20.3 Å². The van der Waals surface area contributed by atoms with Crippen molar-refractivity contribution >= 4 is 48.1 Å². The van der Waals surface area contributed by atoms with E-state index in [9.17, 15) is 19.2 Å². The molecule has 6 N–H and O–H groups in total. The number of rotatable bonds is 13. The Bertz CT molecular complexity index is 521. The second kappa shape index (κ2) is 13.7. The van der Waals surface area contributed by atoms with E-state index < -0.39 is 41.8 Å². The number of carbonyl (C=O) groups is 4. The molecule has 0 spiro atoms. The Kier molecular flexibility index (Phi) is 12.9. The number of thiol groups is 1. The first-order valence-corrected chi connectivity index (χ1v) is 10.7. The first kappa shape index (κ1) is 25.5. The van der Waals surface area contributed by atoms with Gasteiger partial charge in [0, 0.05) is 5.75 Å². The molecule has 0 aliphatic rings. The highest BCUT2D eigenvalue weighted by Crippen LogP contribution is 2.10. The van der Waals surface area contributed by atoms with Gasteiger partial charge >= 0.3 is 5.97 Å². The van der Waals surface area contributed by atoms with Gasteiger partial charge in [-0.15, -0.1) is 0 Å². The largest absolute Gasteiger partial charge is 0.480 e. The smallest absolute Gasteiger partial charge is 0.327 e. The van der Waals surface area contributed by atoms with Crippen molar-refractivity contribution in [3.05, 3.63) is 0 Å². The molecule has 0 saturated heterocycles. The van der Waals surface area contributed by atoms with Gasteiger partial charge in [-0.3, -0.25) is 14.4 Å². The number of nitrogens with two attached hydrogens (primary N) is 1. The Balaban J connectivity index is 5.26. The molecule has 156 valence electrons. The van der Waals surface area contributed by atoms with E-state index in [1.165, 1.54) is 11.8 Å². The predicted octanol–water partition coefficient (Wildman–Crippen LogP) is -0.787. The Labute approximate surface area is 169 Å². The van der Waals surface area contributed by atoms with Crippen LogP contribution in [-0.4, -0.2) is 71.2 Å². The molecule has 11 heteroatoms. The number of aliphatic carboxylic acids is 1. The molecule has 4 atom stereocenters. The molecule has 0 aromatic carbocycles. The second-order valence-corrected chi connectivity index (χ2v) is 7.41. The first-order valence-electron chi connectivity index (χ1n) is 8.64. The van der Waals surface area contributed by atoms with Gasteiger partial charge in [0.2, 0.25) is 17.7 Å². The third kappa shape index (κ3) is 9.34. The summed E-state index contributed by atoms with van der Waals surface area (Å²) in [7, 11) is 0. The molecule has 4 unspecified atom stereocenters. The van der Waals surface area contributed by atoms with Crippen LogP contribution in [-0.2, 0) is 19.2 Å². The lowest BCUT2D eigenvalue weighted by molar-refractivity contribution is -0.142. The molecule has 0 aromatic heterocycles. The summed E-state index contributed by atoms with van der Waals surface area (Å²) < 4.78 is 0. The van der Waals surface area contributed by atoms with Crippen molar-refractivity contribution in [1.29, 1.82) is 0 Å². The lowest BCUT2D eigenvalue weighted by Crippen LogP contribution is -2.58. The lowest BCUT2D eigenvalue weighted by atomic mass is 9.97. The second-order valence-electron chi connectivity index (χ2n) is 6.06. The van der Waals surface area contributed by atoms with Crippen LogP contribution in [0.1, 0.15) is 26.7 Å². The first-order chi connectivity index (χ1) is 12.7. The van der Waals surface area contributed by atoms with Crippen molar-refractivity contribution in [1.82, 2.24) is 16.0 Å². The number of carbonyl (C=O) groups excluding carboxylic acids is 3. The Morgan fingerprint density at radius 3 is 2.19 bits per heavy atom. The van der Waals surface area contributed by atoms with Crippen molar-refractivity contribution < 1.29 is 24.3 Å². The van der Waals surface area contributed by atoms with Crippen molar-refractivity contribution in [2.24, 2.45) is 11.7 Å². The number of thioether (sulfide) groups is 1. The number of nitrogens with one attached hydrogen (secondary N) is 3. The minimum atomic E-state index is -1.21. The monoisotopic (exact) mass is 422 g/mol. The Morgan fingerprint density at radius 2 is 1.74 bits per heavy atom. The maximum absolute atomic E-state index is 12.6. The van der Waals surface area contributed by atoms with Crippen LogP contribution in [0.4, 0.5) is 0 Å². The highest BCUT2D eigenvalue weighted by Gasteiger charge is 2.31. The minimum Gasteiger partial charge on any atom is -0.480 e. The van der Waals surface area contributed by atoms with Gasteiger partial charge in [-0.25, -0.2) is 4.79 Å². The molecule has 0 radical (unpaired) electrons. The summed E-state index contributed by atoms with van der Waals surface area (Å²) in [5, 5.41) is 16.6. The number of hydrogen-bond donors (Lipinski definition) is 6. The highest BCUT2D eigenvalue weighted by molar-refractivity contribution is 7.98. The molecule has 27 heavy (non-hydrogen) atoms. The van der Waals surface area contributed by atoms with E-state index in [0.29, 0.717) is 18.6 Å². The Hall–Kier alpha value is -1.46. The molecule has 0 aliphatic heterocycles. The van der Waals surface area contributed by atoms with Gasteiger partial charge in [-0.2, -0.15) is 24.4 Å². The molecule has 3 amide bonds. The van der Waals surface area contributed by atoms with Crippen LogP contribution in [0.3, 0.4) is 0 Å². The molecule has 0 saturated carbocycles. The summed E-state index contributed by atoms with van der Waals surface area (Å²) in [5.41, 5.74) is 5.29. The van der Waals surface area contributed by atoms with Crippen molar-refractivity contribution in [2.45, 2.75) is 44.8 Å². The van der Waals surface area contributed by atoms with E-state index in [1.54, 1.807) is 6.92 Å². The van der Waals surface area contributed by atoms with Crippen LogP contribution >= 0.6 is 24.4 Å². The summed E-state index contributed by atoms with van der Waals surface area (Å²) in [5.74, 6) is -2.48. The minimum absolute atomic E-state index is 0.0782. The molecule has 0 bridgehead atoms. The van der Waals surface area contributed by atoms with Crippen LogP contribution < -0.4 is 21.7 Å². The molecule has 0 aliphatic carbocycles. The highest BCUT2D eigenvalue weighted by atomic mass is 32.2. The zero-order valence-electron chi connectivity index (χ0n) is 15.9. The van der Waals surface area contributed by atoms with Gasteiger partial charge in [0.25, 0.3) is 0 Å². The summed E-state index contributed by atoms with van der Waals surface area (Å²) >= 11 is 5.43. The van der Waals surface area contributed by atoms with Gasteiger partial charge in [-0.05, 0) is 24.3 Å². The van der Waals surface area contributed by atoms with E-state index >= 15 is 0 Å². The fourth-order valence-corrected chi connectivity index (χ4v) is 2.88. The van der Waals surface area contributed by atoms with Gasteiger partial charge < -0.3 is 26.8 Å². The van der Waals surface area contributed by atoms with Crippen LogP contribution in [0, 0.1) is 5.92 Å². The summed E-state index contributed by atoms with van der Waals surface area (Å²) in [6, 6.07) is -2.92. The number of carboxylic acid groups (broad SMARTS) is 1. The normalized spacial score (nSPS) is 15.1. The number of hydrogen-bond acceptors (Lipinski definition) is 7. The van der Waals surface area contributed by atoms with E-state index in [0.717, 1.165) is 0 Å². The number of amides is 3. The van der Waals surface area contributed by atoms with Gasteiger partial charge in [0.15, 0.2) is 0 Å². The fraction of sp³-hybridized carbons (Fsp3) is 0.750. The topological polar surface area (TPSA) is 151 Å². The SMILES string of the molecule is CCC(C)C(NC(=O)C(CCSC)NC(=O)CN)C(=O)NC(CS)C(=O)O. The number of carboxylic acids is 1. The molecule has 9 nitrogen and oxygen atoms in total. The molecule has 0 aromatic rings. The van der Waals surface area contributed by atoms with Crippen molar-refractivity contribution in [2.75, 3.05) is 24.3 Å². The van der Waals surface area contributed by atoms with Crippen LogP contribution in [0.5, 0.6) is 0 Å². The van der Waals surface area contributed by atoms with Crippen molar-refractivity contribution in [3.8, 4) is 0 Å². The summed E-state index contributed by atoms with van der Waals surface area (Å²) in [4.78, 5) is 47.9. The van der Waals surface area contributed by atoms with Gasteiger partial charge in [0.05, 0.1) is 6.54 Å². The van der Waals surface area contributed by atoms with Crippen molar-refractivity contribution in [3.63, 3.8) is 0 Å². The molecular weight excluding hydrogens is 392 g/mol. The molecule has 0 rings (SSSR count). The average Bonchev–Trinajstić information content (AvgIpc) is 2.65. The third-order valence-corrected chi connectivity index (χ3v) is 5.05. The quantitative estimate of drug-likeness (QED) is 0.213. The van der Waals surface area contributed by atoms with Gasteiger partial charge in [0.1, 0.15) is 18.1 Å². The van der Waals surface area contributed by atoms with Crippen LogP contribution in [0.25, 0.3) is 0 Å². The fourth-order valence-electron chi connectivity index (χ4n) is 2.16. The third-order valence-electron chi connectivity index (χ3n) is 4.04. The zero-order chi connectivity index (χ0) is 21.0. The molecule has 0 heterocycles. The standard InChI is InChI=1S/C16H30N4O5S2/c1-4-9(2)13(15(23)19-11(8-26)16(24)25)20-14(22)10(5-6-27-3)18-12(21)7-17/h9-11,13,26H,4-8,17H2,1-3H3,(H,18,21)(H,19,23)(H,20,22)(H,24,25). The van der Waals surface area contributed by atoms with Crippen LogP contribution in [0.15, 0.2) is 0 Å². The van der Waals surface area contributed by atoms with E-state index in [2.05, 4.69) is 28.6 Å². The average molecular weight is 423 g/mol. The summed E-state index contributed by atoms with van der Waals surface area (Å²) in [6.07, 6.45) is 2.84. The molecule has 0 fully saturated rings. The van der Waals surface area contributed by atoms with Crippen LogP contribution in [0.2, 0.25) is 0 Å². The predicted molar refractivity (Wildman–Crippen MR) is 109 cm³/mol. The van der Waals surface area contributed by atoms with E-state index in [1.807, 2.05) is 13.2 Å². The van der Waals surface area contributed by atoms with E-state index in [-0.39, 0.29) is 18.2 Å².